The molecule has 4 heterocycles. The highest BCUT2D eigenvalue weighted by Crippen LogP contribution is 2.29. The summed E-state index contributed by atoms with van der Waals surface area (Å²) in [6, 6.07) is 11.2. The van der Waals surface area contributed by atoms with Crippen molar-refractivity contribution in [2.75, 3.05) is 29.0 Å². The van der Waals surface area contributed by atoms with Crippen LogP contribution in [0.1, 0.15) is 49.7 Å². The number of anilines is 4. The number of pyridine rings is 1. The van der Waals surface area contributed by atoms with Crippen LogP contribution in [0, 0.1) is 6.92 Å². The van der Waals surface area contributed by atoms with Gasteiger partial charge in [0.25, 0.3) is 5.91 Å². The highest BCUT2D eigenvalue weighted by molar-refractivity contribution is 7.10. The summed E-state index contributed by atoms with van der Waals surface area (Å²) in [5.41, 5.74) is 2.62. The molecule has 1 saturated heterocycles. The molecule has 0 saturated carbocycles. The van der Waals surface area contributed by atoms with Crippen molar-refractivity contribution < 1.29 is 14.3 Å². The monoisotopic (exact) mass is 560 g/mol. The summed E-state index contributed by atoms with van der Waals surface area (Å²) in [5, 5.41) is 10.1. The minimum absolute atomic E-state index is 0.0561. The number of carbonyl (C=O) groups excluding carboxylic acids is 2. The van der Waals surface area contributed by atoms with E-state index in [0.717, 1.165) is 23.9 Å². The van der Waals surface area contributed by atoms with E-state index in [-0.39, 0.29) is 18.0 Å². The van der Waals surface area contributed by atoms with Gasteiger partial charge < -0.3 is 25.6 Å². The molecular formula is C28H32N8O3S. The van der Waals surface area contributed by atoms with E-state index in [1.807, 2.05) is 51.1 Å². The van der Waals surface area contributed by atoms with Gasteiger partial charge in [-0.3, -0.25) is 9.78 Å². The molecule has 1 atom stereocenters. The molecule has 1 fully saturated rings. The Hall–Kier alpha value is -4.32. The predicted molar refractivity (Wildman–Crippen MR) is 156 cm³/mol. The van der Waals surface area contributed by atoms with Gasteiger partial charge in [-0.05, 0) is 76.3 Å². The lowest BCUT2D eigenvalue weighted by atomic mass is 10.1. The predicted octanol–water partition coefficient (Wildman–Crippen LogP) is 5.60. The van der Waals surface area contributed by atoms with Crippen LogP contribution in [0.2, 0.25) is 0 Å². The number of benzene rings is 1. The number of ether oxygens (including phenoxy) is 1. The van der Waals surface area contributed by atoms with E-state index >= 15 is 0 Å². The number of amides is 2. The van der Waals surface area contributed by atoms with Crippen molar-refractivity contribution in [2.24, 2.45) is 0 Å². The van der Waals surface area contributed by atoms with Crippen molar-refractivity contribution in [3.05, 3.63) is 60.0 Å². The number of rotatable bonds is 6. The Labute approximate surface area is 236 Å². The Morgan fingerprint density at radius 1 is 1.05 bits per heavy atom. The van der Waals surface area contributed by atoms with Crippen LogP contribution in [-0.2, 0) is 4.74 Å². The number of aryl methyl sites for hydroxylation is 1. The summed E-state index contributed by atoms with van der Waals surface area (Å²) < 4.78 is 9.88. The Kier molecular flexibility index (Phi) is 7.78. The van der Waals surface area contributed by atoms with E-state index in [1.165, 1.54) is 11.5 Å². The number of nitrogens with one attached hydrogen (secondary N) is 3. The lowest BCUT2D eigenvalue weighted by Crippen LogP contribution is -2.47. The SMILES string of the molecule is Cc1nsc(Nc2cnc3ccccc3n2)c1C(=O)Nc1ccc(NC2CCCN(C(=O)OC(C)(C)C)C2)nc1. The normalized spacial score (nSPS) is 15.5. The van der Waals surface area contributed by atoms with E-state index in [1.54, 1.807) is 30.3 Å². The van der Waals surface area contributed by atoms with Crippen molar-refractivity contribution in [1.29, 1.82) is 0 Å². The lowest BCUT2D eigenvalue weighted by molar-refractivity contribution is 0.0206. The molecule has 3 aromatic heterocycles. The standard InChI is InChI=1S/C28H32N8O3S/c1-17-24(26(40-35-17)34-23-15-29-20-9-5-6-10-21(20)33-23)25(37)32-18-11-12-22(30-14-18)31-19-8-7-13-36(16-19)27(38)39-28(2,3)4/h5-6,9-12,14-15,19H,7-8,13,16H2,1-4H3,(H,30,31)(H,32,37)(H,33,34). The molecule has 5 rings (SSSR count). The molecule has 208 valence electrons. The first kappa shape index (κ1) is 27.3. The van der Waals surface area contributed by atoms with Crippen molar-refractivity contribution in [2.45, 2.75) is 52.2 Å². The van der Waals surface area contributed by atoms with Gasteiger partial charge in [-0.2, -0.15) is 4.37 Å². The van der Waals surface area contributed by atoms with Gasteiger partial charge in [0.15, 0.2) is 0 Å². The van der Waals surface area contributed by atoms with E-state index < -0.39 is 5.60 Å². The van der Waals surface area contributed by atoms with Gasteiger partial charge in [0.05, 0.1) is 40.4 Å². The molecule has 0 bridgehead atoms. The zero-order valence-electron chi connectivity index (χ0n) is 22.9. The highest BCUT2D eigenvalue weighted by atomic mass is 32.1. The van der Waals surface area contributed by atoms with Crippen LogP contribution in [0.15, 0.2) is 48.8 Å². The maximum absolute atomic E-state index is 13.2. The number of hydrogen-bond donors (Lipinski definition) is 3. The van der Waals surface area contributed by atoms with Crippen molar-refractivity contribution in [3.63, 3.8) is 0 Å². The summed E-state index contributed by atoms with van der Waals surface area (Å²) in [7, 11) is 0. The number of nitrogens with zero attached hydrogens (tertiary/aromatic N) is 5. The van der Waals surface area contributed by atoms with Crippen LogP contribution < -0.4 is 16.0 Å². The average Bonchev–Trinajstić information content (AvgIpc) is 3.28. The molecular weight excluding hydrogens is 528 g/mol. The zero-order chi connectivity index (χ0) is 28.3. The molecule has 1 aliphatic rings. The highest BCUT2D eigenvalue weighted by Gasteiger charge is 2.28. The molecule has 1 unspecified atom stereocenters. The van der Waals surface area contributed by atoms with Gasteiger partial charge in [-0.15, -0.1) is 0 Å². The van der Waals surface area contributed by atoms with Gasteiger partial charge in [0.1, 0.15) is 22.2 Å². The summed E-state index contributed by atoms with van der Waals surface area (Å²) in [5.74, 6) is 0.895. The van der Waals surface area contributed by atoms with Crippen LogP contribution in [-0.4, -0.2) is 61.0 Å². The third-order valence-corrected chi connectivity index (χ3v) is 7.08. The first-order valence-corrected chi connectivity index (χ1v) is 13.9. The summed E-state index contributed by atoms with van der Waals surface area (Å²) >= 11 is 1.19. The van der Waals surface area contributed by atoms with E-state index in [9.17, 15) is 9.59 Å². The molecule has 0 radical (unpaired) electrons. The molecule has 40 heavy (non-hydrogen) atoms. The van der Waals surface area contributed by atoms with Crippen LogP contribution in [0.4, 0.5) is 27.1 Å². The molecule has 1 aliphatic heterocycles. The molecule has 3 N–H and O–H groups in total. The quantitative estimate of drug-likeness (QED) is 0.275. The maximum atomic E-state index is 13.2. The Balaban J connectivity index is 1.20. The second kappa shape index (κ2) is 11.4. The Morgan fingerprint density at radius 3 is 2.60 bits per heavy atom. The Bertz CT molecular complexity index is 1520. The van der Waals surface area contributed by atoms with E-state index in [4.69, 9.17) is 4.74 Å². The van der Waals surface area contributed by atoms with Crippen molar-refractivity contribution in [1.82, 2.24) is 24.2 Å². The third-order valence-electron chi connectivity index (χ3n) is 6.23. The molecule has 1 aromatic carbocycles. The van der Waals surface area contributed by atoms with Gasteiger partial charge in [-0.1, -0.05) is 12.1 Å². The van der Waals surface area contributed by atoms with E-state index in [2.05, 4.69) is 35.3 Å². The summed E-state index contributed by atoms with van der Waals surface area (Å²) in [6.07, 6.45) is 4.73. The summed E-state index contributed by atoms with van der Waals surface area (Å²) in [6.45, 7) is 8.59. The maximum Gasteiger partial charge on any atom is 0.410 e. The largest absolute Gasteiger partial charge is 0.444 e. The fraction of sp³-hybridized carbons (Fsp3) is 0.357. The number of aromatic nitrogens is 4. The number of piperidine rings is 1. The second-order valence-corrected chi connectivity index (χ2v) is 11.4. The minimum atomic E-state index is -0.530. The van der Waals surface area contributed by atoms with Gasteiger partial charge in [-0.25, -0.2) is 14.8 Å². The van der Waals surface area contributed by atoms with Crippen LogP contribution in [0.3, 0.4) is 0 Å². The summed E-state index contributed by atoms with van der Waals surface area (Å²) in [4.78, 5) is 40.9. The number of likely N-dealkylation sites (tertiary alicyclic amines) is 1. The number of fused-ring (bicyclic) bond motifs is 1. The average molecular weight is 561 g/mol. The molecule has 11 nitrogen and oxygen atoms in total. The first-order chi connectivity index (χ1) is 19.1. The zero-order valence-corrected chi connectivity index (χ0v) is 23.7. The molecule has 0 spiro atoms. The van der Waals surface area contributed by atoms with Crippen LogP contribution >= 0.6 is 11.5 Å². The fourth-order valence-corrected chi connectivity index (χ4v) is 5.20. The fourth-order valence-electron chi connectivity index (χ4n) is 4.40. The third kappa shape index (κ3) is 6.63. The van der Waals surface area contributed by atoms with E-state index in [0.29, 0.717) is 46.7 Å². The second-order valence-electron chi connectivity index (χ2n) is 10.6. The number of carbonyl (C=O) groups is 2. The van der Waals surface area contributed by atoms with Crippen LogP contribution in [0.25, 0.3) is 11.0 Å². The van der Waals surface area contributed by atoms with Gasteiger partial charge >= 0.3 is 6.09 Å². The number of para-hydroxylation sites is 2. The molecule has 12 heteroatoms. The van der Waals surface area contributed by atoms with Crippen molar-refractivity contribution >= 4 is 56.9 Å². The first-order valence-electron chi connectivity index (χ1n) is 13.1. The smallest absolute Gasteiger partial charge is 0.410 e. The van der Waals surface area contributed by atoms with Crippen LogP contribution in [0.5, 0.6) is 0 Å². The van der Waals surface area contributed by atoms with Crippen molar-refractivity contribution in [3.8, 4) is 0 Å². The molecule has 0 aliphatic carbocycles. The minimum Gasteiger partial charge on any atom is -0.444 e. The van der Waals surface area contributed by atoms with Gasteiger partial charge in [0, 0.05) is 19.1 Å². The van der Waals surface area contributed by atoms with Gasteiger partial charge in [0.2, 0.25) is 0 Å². The molecule has 4 aromatic rings. The topological polar surface area (TPSA) is 134 Å². The molecule has 2 amide bonds. The Morgan fingerprint density at radius 2 is 1.85 bits per heavy atom. The lowest BCUT2D eigenvalue weighted by Gasteiger charge is -2.34. The number of hydrogen-bond acceptors (Lipinski definition) is 10.